The number of alkyl halides is 1. The second-order valence-electron chi connectivity index (χ2n) is 3.89. The Morgan fingerprint density at radius 1 is 1.56 bits per heavy atom. The molecular formula is C12H16BrNO2. The second-order valence-corrected chi connectivity index (χ2v) is 4.88. The van der Waals surface area contributed by atoms with Crippen LogP contribution in [0.25, 0.3) is 0 Å². The van der Waals surface area contributed by atoms with Crippen molar-refractivity contribution in [1.82, 2.24) is 0 Å². The molecular weight excluding hydrogens is 270 g/mol. The van der Waals surface area contributed by atoms with Crippen LogP contribution >= 0.6 is 15.9 Å². The summed E-state index contributed by atoms with van der Waals surface area (Å²) in [5, 5.41) is 9.64. The molecule has 3 N–H and O–H groups in total. The van der Waals surface area contributed by atoms with Gasteiger partial charge in [-0.2, -0.15) is 0 Å². The molecule has 0 radical (unpaired) electrons. The molecule has 0 saturated heterocycles. The number of rotatable bonds is 4. The molecule has 0 bridgehead atoms. The van der Waals surface area contributed by atoms with E-state index >= 15 is 0 Å². The number of nitrogen functional groups attached to an aromatic ring is 1. The zero-order valence-electron chi connectivity index (χ0n) is 9.40. The van der Waals surface area contributed by atoms with Crippen molar-refractivity contribution in [2.45, 2.75) is 25.1 Å². The number of phenols is 1. The normalized spacial score (nSPS) is 14.4. The summed E-state index contributed by atoms with van der Waals surface area (Å²) in [5.74, 6) is -0.0193. The van der Waals surface area contributed by atoms with Gasteiger partial charge in [-0.15, -0.1) is 0 Å². The van der Waals surface area contributed by atoms with Crippen LogP contribution in [0.15, 0.2) is 18.2 Å². The molecule has 0 aliphatic rings. The molecule has 2 unspecified atom stereocenters. The minimum atomic E-state index is -0.312. The summed E-state index contributed by atoms with van der Waals surface area (Å²) in [4.78, 5) is 11.8. The molecule has 4 heteroatoms. The van der Waals surface area contributed by atoms with E-state index in [1.54, 1.807) is 12.1 Å². The Morgan fingerprint density at radius 2 is 2.19 bits per heavy atom. The summed E-state index contributed by atoms with van der Waals surface area (Å²) in [7, 11) is 0. The summed E-state index contributed by atoms with van der Waals surface area (Å²) in [6.07, 6.45) is 0.884. The van der Waals surface area contributed by atoms with E-state index in [0.717, 1.165) is 6.42 Å². The summed E-state index contributed by atoms with van der Waals surface area (Å²) in [6, 6.07) is 4.71. The highest BCUT2D eigenvalue weighted by Gasteiger charge is 2.25. The van der Waals surface area contributed by atoms with Crippen LogP contribution in [0.2, 0.25) is 0 Å². The molecule has 1 aromatic rings. The lowest BCUT2D eigenvalue weighted by Gasteiger charge is -2.16. The first kappa shape index (κ1) is 13.0. The first-order chi connectivity index (χ1) is 7.49. The minimum absolute atomic E-state index is 0.0576. The highest BCUT2D eigenvalue weighted by Crippen LogP contribution is 2.29. The Hall–Kier alpha value is -1.03. The molecule has 0 heterocycles. The van der Waals surface area contributed by atoms with E-state index in [1.807, 2.05) is 13.8 Å². The Kier molecular flexibility index (Phi) is 4.35. The maximum atomic E-state index is 12.1. The number of Topliss-reactive ketones (excluding diaryl/α,β-unsaturated/α-hetero) is 1. The van der Waals surface area contributed by atoms with Crippen molar-refractivity contribution in [2.75, 3.05) is 5.73 Å². The molecule has 1 aromatic carbocycles. The van der Waals surface area contributed by atoms with Gasteiger partial charge in [0, 0.05) is 5.69 Å². The van der Waals surface area contributed by atoms with Crippen molar-refractivity contribution >= 4 is 27.4 Å². The number of nitrogens with two attached hydrogens (primary N) is 1. The summed E-state index contributed by atoms with van der Waals surface area (Å²) < 4.78 is 0. The number of carbonyl (C=O) groups is 1. The van der Waals surface area contributed by atoms with Crippen molar-refractivity contribution in [3.05, 3.63) is 23.8 Å². The summed E-state index contributed by atoms with van der Waals surface area (Å²) in [6.45, 7) is 3.99. The molecule has 0 aliphatic heterocycles. The van der Waals surface area contributed by atoms with Gasteiger partial charge in [0.05, 0.1) is 10.4 Å². The van der Waals surface area contributed by atoms with Crippen LogP contribution in [-0.4, -0.2) is 15.7 Å². The number of ketones is 1. The van der Waals surface area contributed by atoms with Crippen LogP contribution in [-0.2, 0) is 0 Å². The van der Waals surface area contributed by atoms with Gasteiger partial charge in [-0.25, -0.2) is 0 Å². The van der Waals surface area contributed by atoms with Gasteiger partial charge in [-0.3, -0.25) is 4.79 Å². The van der Waals surface area contributed by atoms with Crippen molar-refractivity contribution < 1.29 is 9.90 Å². The van der Waals surface area contributed by atoms with Gasteiger partial charge in [0.15, 0.2) is 5.78 Å². The van der Waals surface area contributed by atoms with E-state index in [-0.39, 0.29) is 27.8 Å². The van der Waals surface area contributed by atoms with Gasteiger partial charge in [0.1, 0.15) is 5.75 Å². The van der Waals surface area contributed by atoms with E-state index < -0.39 is 0 Å². The molecule has 88 valence electrons. The standard InChI is InChI=1S/C12H16BrNO2/c1-3-7(2)11(13)12(16)10-8(14)5-4-6-9(10)15/h4-7,11,15H,3,14H2,1-2H3. The highest BCUT2D eigenvalue weighted by molar-refractivity contribution is 9.10. The van der Waals surface area contributed by atoms with E-state index in [2.05, 4.69) is 15.9 Å². The van der Waals surface area contributed by atoms with E-state index in [4.69, 9.17) is 5.73 Å². The lowest BCUT2D eigenvalue weighted by atomic mass is 9.96. The Labute approximate surface area is 104 Å². The molecule has 0 amide bonds. The average Bonchev–Trinajstić information content (AvgIpc) is 2.26. The molecule has 0 saturated carbocycles. The molecule has 16 heavy (non-hydrogen) atoms. The quantitative estimate of drug-likeness (QED) is 0.508. The van der Waals surface area contributed by atoms with E-state index in [0.29, 0.717) is 5.69 Å². The lowest BCUT2D eigenvalue weighted by Crippen LogP contribution is -2.22. The maximum absolute atomic E-state index is 12.1. The second kappa shape index (κ2) is 5.34. The fourth-order valence-electron chi connectivity index (χ4n) is 1.43. The molecule has 3 nitrogen and oxygen atoms in total. The first-order valence-corrected chi connectivity index (χ1v) is 6.16. The van der Waals surface area contributed by atoms with Crippen molar-refractivity contribution in [2.24, 2.45) is 5.92 Å². The average molecular weight is 286 g/mol. The first-order valence-electron chi connectivity index (χ1n) is 5.24. The number of halogens is 1. The Morgan fingerprint density at radius 3 is 2.69 bits per heavy atom. The van der Waals surface area contributed by atoms with Gasteiger partial charge in [-0.05, 0) is 18.1 Å². The van der Waals surface area contributed by atoms with Gasteiger partial charge >= 0.3 is 0 Å². The van der Waals surface area contributed by atoms with Gasteiger partial charge in [0.25, 0.3) is 0 Å². The lowest BCUT2D eigenvalue weighted by molar-refractivity contribution is 0.0972. The third-order valence-corrected chi connectivity index (χ3v) is 4.03. The zero-order valence-corrected chi connectivity index (χ0v) is 11.0. The van der Waals surface area contributed by atoms with Gasteiger partial charge in [0.2, 0.25) is 0 Å². The molecule has 1 rings (SSSR count). The summed E-state index contributed by atoms with van der Waals surface area (Å²) in [5.41, 5.74) is 6.23. The van der Waals surface area contributed by atoms with Crippen LogP contribution in [0.1, 0.15) is 30.6 Å². The van der Waals surface area contributed by atoms with Crippen molar-refractivity contribution in [1.29, 1.82) is 0 Å². The molecule has 0 aromatic heterocycles. The Balaban J connectivity index is 3.05. The molecule has 2 atom stereocenters. The van der Waals surface area contributed by atoms with E-state index in [9.17, 15) is 9.90 Å². The number of anilines is 1. The number of aromatic hydroxyl groups is 1. The highest BCUT2D eigenvalue weighted by atomic mass is 79.9. The van der Waals surface area contributed by atoms with Crippen LogP contribution in [0.5, 0.6) is 5.75 Å². The van der Waals surface area contributed by atoms with Crippen LogP contribution in [0, 0.1) is 5.92 Å². The minimum Gasteiger partial charge on any atom is -0.507 e. The van der Waals surface area contributed by atoms with Crippen LogP contribution in [0.3, 0.4) is 0 Å². The Bertz CT molecular complexity index is 372. The number of phenolic OH excluding ortho intramolecular Hbond substituents is 1. The number of carbonyl (C=O) groups excluding carboxylic acids is 1. The zero-order chi connectivity index (χ0) is 12.3. The van der Waals surface area contributed by atoms with Gasteiger partial charge < -0.3 is 10.8 Å². The monoisotopic (exact) mass is 285 g/mol. The predicted molar refractivity (Wildman–Crippen MR) is 69.0 cm³/mol. The third-order valence-electron chi connectivity index (χ3n) is 2.72. The molecule has 0 spiro atoms. The van der Waals surface area contributed by atoms with Crippen LogP contribution in [0.4, 0.5) is 5.69 Å². The van der Waals surface area contributed by atoms with Crippen LogP contribution < -0.4 is 5.73 Å². The molecule has 0 fully saturated rings. The molecule has 0 aliphatic carbocycles. The van der Waals surface area contributed by atoms with Crippen molar-refractivity contribution in [3.63, 3.8) is 0 Å². The van der Waals surface area contributed by atoms with Crippen molar-refractivity contribution in [3.8, 4) is 5.75 Å². The summed E-state index contributed by atoms with van der Waals surface area (Å²) >= 11 is 3.36. The smallest absolute Gasteiger partial charge is 0.182 e. The third kappa shape index (κ3) is 2.55. The topological polar surface area (TPSA) is 63.3 Å². The van der Waals surface area contributed by atoms with E-state index in [1.165, 1.54) is 6.07 Å². The number of hydrogen-bond donors (Lipinski definition) is 2. The SMILES string of the molecule is CCC(C)C(Br)C(=O)c1c(N)cccc1O. The maximum Gasteiger partial charge on any atom is 0.182 e. The predicted octanol–water partition coefficient (Wildman–Crippen LogP) is 2.97. The van der Waals surface area contributed by atoms with Gasteiger partial charge in [-0.1, -0.05) is 42.3 Å². The fraction of sp³-hybridized carbons (Fsp3) is 0.417. The largest absolute Gasteiger partial charge is 0.507 e. The number of benzene rings is 1. The fourth-order valence-corrected chi connectivity index (χ4v) is 2.03. The number of hydrogen-bond acceptors (Lipinski definition) is 3.